The molecule has 0 unspecified atom stereocenters. The third kappa shape index (κ3) is 5.75. The molecule has 1 aliphatic heterocycles. The van der Waals surface area contributed by atoms with Gasteiger partial charge >= 0.3 is 0 Å². The molecule has 154 valence electrons. The van der Waals surface area contributed by atoms with Crippen LogP contribution in [0.2, 0.25) is 0 Å². The largest absolute Gasteiger partial charge is 0.495 e. The first-order valence-corrected chi connectivity index (χ1v) is 9.57. The lowest BCUT2D eigenvalue weighted by Gasteiger charge is -2.26. The Morgan fingerprint density at radius 2 is 1.97 bits per heavy atom. The van der Waals surface area contributed by atoms with Crippen molar-refractivity contribution in [3.05, 3.63) is 53.3 Å². The molecule has 0 spiro atoms. The Balaban J connectivity index is 1.60. The maximum atomic E-state index is 12.6. The number of amides is 2. The number of aryl methyl sites for hydroxylation is 1. The van der Waals surface area contributed by atoms with Gasteiger partial charge in [-0.3, -0.25) is 19.5 Å². The summed E-state index contributed by atoms with van der Waals surface area (Å²) >= 11 is 0. The number of carbonyl (C=O) groups excluding carboxylic acids is 2. The summed E-state index contributed by atoms with van der Waals surface area (Å²) in [5.74, 6) is -0.0827. The molecule has 29 heavy (non-hydrogen) atoms. The number of ether oxygens (including phenoxy) is 2. The van der Waals surface area contributed by atoms with Crippen molar-refractivity contribution in [1.29, 1.82) is 0 Å². The van der Waals surface area contributed by atoms with Crippen molar-refractivity contribution in [3.8, 4) is 5.75 Å². The number of carbonyl (C=O) groups is 2. The number of pyridine rings is 1. The second-order valence-corrected chi connectivity index (χ2v) is 6.80. The normalized spacial score (nSPS) is 14.3. The van der Waals surface area contributed by atoms with Crippen molar-refractivity contribution < 1.29 is 19.1 Å². The predicted octanol–water partition coefficient (Wildman–Crippen LogP) is 1.71. The molecule has 1 aromatic carbocycles. The topological polar surface area (TPSA) is 92.8 Å². The summed E-state index contributed by atoms with van der Waals surface area (Å²) in [4.78, 5) is 31.4. The fourth-order valence-electron chi connectivity index (χ4n) is 3.06. The number of anilines is 1. The SMILES string of the molecule is COc1ccc(C)cc1NC(=O)c1cc(C(=O)NCCN2CCOCC2)ccn1. The lowest BCUT2D eigenvalue weighted by Crippen LogP contribution is -2.41. The Kier molecular flexibility index (Phi) is 7.15. The Morgan fingerprint density at radius 1 is 1.17 bits per heavy atom. The van der Waals surface area contributed by atoms with Crippen molar-refractivity contribution in [2.75, 3.05) is 51.8 Å². The molecule has 2 aromatic rings. The van der Waals surface area contributed by atoms with Crippen LogP contribution in [0.15, 0.2) is 36.5 Å². The highest BCUT2D eigenvalue weighted by atomic mass is 16.5. The highest BCUT2D eigenvalue weighted by Crippen LogP contribution is 2.25. The maximum Gasteiger partial charge on any atom is 0.274 e. The van der Waals surface area contributed by atoms with Crippen LogP contribution in [0, 0.1) is 6.92 Å². The van der Waals surface area contributed by atoms with Gasteiger partial charge in [0.05, 0.1) is 26.0 Å². The summed E-state index contributed by atoms with van der Waals surface area (Å²) in [6, 6.07) is 8.58. The minimum atomic E-state index is -0.406. The van der Waals surface area contributed by atoms with Crippen LogP contribution in [0.3, 0.4) is 0 Å². The lowest BCUT2D eigenvalue weighted by atomic mass is 10.2. The summed E-state index contributed by atoms with van der Waals surface area (Å²) in [6.45, 7) is 6.42. The van der Waals surface area contributed by atoms with Gasteiger partial charge in [0.15, 0.2) is 0 Å². The molecule has 0 radical (unpaired) electrons. The Hall–Kier alpha value is -2.97. The zero-order valence-corrected chi connectivity index (χ0v) is 16.7. The van der Waals surface area contributed by atoms with E-state index in [-0.39, 0.29) is 11.6 Å². The number of aromatic nitrogens is 1. The number of hydrogen-bond donors (Lipinski definition) is 2. The van der Waals surface area contributed by atoms with E-state index in [9.17, 15) is 9.59 Å². The van der Waals surface area contributed by atoms with Gasteiger partial charge in [0.2, 0.25) is 0 Å². The quantitative estimate of drug-likeness (QED) is 0.738. The van der Waals surface area contributed by atoms with Gasteiger partial charge in [-0.2, -0.15) is 0 Å². The van der Waals surface area contributed by atoms with Crippen molar-refractivity contribution in [3.63, 3.8) is 0 Å². The van der Waals surface area contributed by atoms with Crippen molar-refractivity contribution in [2.24, 2.45) is 0 Å². The summed E-state index contributed by atoms with van der Waals surface area (Å²) in [5, 5.41) is 5.68. The molecule has 0 bridgehead atoms. The first-order chi connectivity index (χ1) is 14.1. The van der Waals surface area contributed by atoms with E-state index in [0.29, 0.717) is 23.5 Å². The molecule has 0 saturated carbocycles. The molecule has 2 N–H and O–H groups in total. The van der Waals surface area contributed by atoms with Crippen LogP contribution in [-0.4, -0.2) is 68.2 Å². The minimum absolute atomic E-state index is 0.161. The van der Waals surface area contributed by atoms with Crippen molar-refractivity contribution >= 4 is 17.5 Å². The van der Waals surface area contributed by atoms with E-state index in [2.05, 4.69) is 20.5 Å². The number of methoxy groups -OCH3 is 1. The summed E-state index contributed by atoms with van der Waals surface area (Å²) < 4.78 is 10.6. The molecule has 3 rings (SSSR count). The highest BCUT2D eigenvalue weighted by Gasteiger charge is 2.15. The first kappa shape index (κ1) is 20.8. The van der Waals surface area contributed by atoms with Gasteiger partial charge in [0.25, 0.3) is 11.8 Å². The van der Waals surface area contributed by atoms with Crippen LogP contribution in [0.1, 0.15) is 26.4 Å². The minimum Gasteiger partial charge on any atom is -0.495 e. The zero-order chi connectivity index (χ0) is 20.6. The van der Waals surface area contributed by atoms with Gasteiger partial charge < -0.3 is 20.1 Å². The Labute approximate surface area is 170 Å². The monoisotopic (exact) mass is 398 g/mol. The van der Waals surface area contributed by atoms with Crippen LogP contribution < -0.4 is 15.4 Å². The standard InChI is InChI=1S/C21H26N4O4/c1-15-3-4-19(28-2)17(13-15)24-21(27)18-14-16(5-6-22-18)20(26)23-7-8-25-9-11-29-12-10-25/h3-6,13-14H,7-12H2,1-2H3,(H,23,26)(H,24,27). The third-order valence-corrected chi connectivity index (χ3v) is 4.68. The zero-order valence-electron chi connectivity index (χ0n) is 16.7. The van der Waals surface area contributed by atoms with E-state index in [1.807, 2.05) is 19.1 Å². The van der Waals surface area contributed by atoms with Crippen LogP contribution in [0.5, 0.6) is 5.75 Å². The summed E-state index contributed by atoms with van der Waals surface area (Å²) in [7, 11) is 1.54. The molecule has 1 aromatic heterocycles. The van der Waals surface area contributed by atoms with Crippen LogP contribution >= 0.6 is 0 Å². The van der Waals surface area contributed by atoms with E-state index < -0.39 is 5.91 Å². The number of nitrogens with one attached hydrogen (secondary N) is 2. The molecule has 2 amide bonds. The molecule has 1 saturated heterocycles. The van der Waals surface area contributed by atoms with Crippen LogP contribution in [-0.2, 0) is 4.74 Å². The number of benzene rings is 1. The highest BCUT2D eigenvalue weighted by molar-refractivity contribution is 6.05. The Morgan fingerprint density at radius 3 is 2.72 bits per heavy atom. The third-order valence-electron chi connectivity index (χ3n) is 4.68. The second-order valence-electron chi connectivity index (χ2n) is 6.80. The molecule has 0 aliphatic carbocycles. The molecule has 8 nitrogen and oxygen atoms in total. The van der Waals surface area contributed by atoms with Gasteiger partial charge in [-0.15, -0.1) is 0 Å². The van der Waals surface area contributed by atoms with E-state index in [0.717, 1.165) is 38.4 Å². The number of morpholine rings is 1. The lowest BCUT2D eigenvalue weighted by molar-refractivity contribution is 0.0383. The average molecular weight is 398 g/mol. The van der Waals surface area contributed by atoms with E-state index in [4.69, 9.17) is 9.47 Å². The van der Waals surface area contributed by atoms with Gasteiger partial charge in [-0.05, 0) is 36.8 Å². The van der Waals surface area contributed by atoms with Crippen molar-refractivity contribution in [1.82, 2.24) is 15.2 Å². The van der Waals surface area contributed by atoms with Crippen LogP contribution in [0.25, 0.3) is 0 Å². The molecule has 2 heterocycles. The fraction of sp³-hybridized carbons (Fsp3) is 0.381. The number of nitrogens with zero attached hydrogens (tertiary/aromatic N) is 2. The Bertz CT molecular complexity index is 866. The van der Waals surface area contributed by atoms with E-state index >= 15 is 0 Å². The summed E-state index contributed by atoms with van der Waals surface area (Å²) in [5.41, 5.74) is 2.10. The average Bonchev–Trinajstić information content (AvgIpc) is 2.74. The first-order valence-electron chi connectivity index (χ1n) is 9.57. The van der Waals surface area contributed by atoms with Crippen molar-refractivity contribution in [2.45, 2.75) is 6.92 Å². The van der Waals surface area contributed by atoms with E-state index in [1.54, 1.807) is 19.2 Å². The maximum absolute atomic E-state index is 12.6. The van der Waals surface area contributed by atoms with E-state index in [1.165, 1.54) is 12.3 Å². The summed E-state index contributed by atoms with van der Waals surface area (Å²) in [6.07, 6.45) is 1.46. The molecular formula is C21H26N4O4. The molecular weight excluding hydrogens is 372 g/mol. The molecule has 8 heteroatoms. The molecule has 0 atom stereocenters. The van der Waals surface area contributed by atoms with Gasteiger partial charge in [-0.1, -0.05) is 6.07 Å². The van der Waals surface area contributed by atoms with Gasteiger partial charge in [0.1, 0.15) is 11.4 Å². The molecule has 1 aliphatic rings. The van der Waals surface area contributed by atoms with Gasteiger partial charge in [0, 0.05) is 37.9 Å². The van der Waals surface area contributed by atoms with Gasteiger partial charge in [-0.25, -0.2) is 0 Å². The predicted molar refractivity (Wildman–Crippen MR) is 110 cm³/mol. The fourth-order valence-corrected chi connectivity index (χ4v) is 3.06. The molecule has 1 fully saturated rings. The number of rotatable bonds is 7. The van der Waals surface area contributed by atoms with Crippen LogP contribution in [0.4, 0.5) is 5.69 Å². The second kappa shape index (κ2) is 9.99. The smallest absolute Gasteiger partial charge is 0.274 e. The number of hydrogen-bond acceptors (Lipinski definition) is 6.